The maximum atomic E-state index is 11.7. The zero-order valence-electron chi connectivity index (χ0n) is 10.3. The van der Waals surface area contributed by atoms with Crippen molar-refractivity contribution < 1.29 is 19.4 Å². The molecule has 1 saturated heterocycles. The number of methoxy groups -OCH3 is 1. The van der Waals surface area contributed by atoms with Crippen molar-refractivity contribution in [1.82, 2.24) is 10.2 Å². The van der Waals surface area contributed by atoms with Gasteiger partial charge in [0.05, 0.1) is 13.7 Å². The second-order valence-corrected chi connectivity index (χ2v) is 4.39. The minimum atomic E-state index is -1.30. The minimum Gasteiger partial charge on any atom is -0.467 e. The maximum absolute atomic E-state index is 11.7. The molecule has 1 aliphatic rings. The van der Waals surface area contributed by atoms with Crippen LogP contribution < -0.4 is 5.32 Å². The first-order valence-corrected chi connectivity index (χ1v) is 5.83. The van der Waals surface area contributed by atoms with Gasteiger partial charge in [0.2, 0.25) is 0 Å². The monoisotopic (exact) mass is 244 g/mol. The zero-order valence-corrected chi connectivity index (χ0v) is 10.3. The molecular formula is C11H20N2O4. The van der Waals surface area contributed by atoms with E-state index in [9.17, 15) is 14.7 Å². The van der Waals surface area contributed by atoms with E-state index in [1.54, 1.807) is 4.90 Å². The van der Waals surface area contributed by atoms with Crippen molar-refractivity contribution in [2.24, 2.45) is 5.92 Å². The summed E-state index contributed by atoms with van der Waals surface area (Å²) in [6.07, 6.45) is 0.688. The molecule has 0 bridgehead atoms. The molecule has 1 aliphatic heterocycles. The molecular weight excluding hydrogens is 224 g/mol. The number of aliphatic hydroxyl groups excluding tert-OH is 1. The fraction of sp³-hybridized carbons (Fsp3) is 0.818. The topological polar surface area (TPSA) is 78.9 Å². The largest absolute Gasteiger partial charge is 0.467 e. The Labute approximate surface area is 101 Å². The number of carbonyl (C=O) groups is 2. The third-order valence-corrected chi connectivity index (χ3v) is 2.99. The van der Waals surface area contributed by atoms with Gasteiger partial charge in [0, 0.05) is 13.1 Å². The zero-order chi connectivity index (χ0) is 12.8. The van der Waals surface area contributed by atoms with Crippen LogP contribution in [0.4, 0.5) is 4.79 Å². The summed E-state index contributed by atoms with van der Waals surface area (Å²) in [6, 6.07) is -0.236. The summed E-state index contributed by atoms with van der Waals surface area (Å²) in [4.78, 5) is 24.3. The molecule has 0 aromatic carbocycles. The molecule has 0 spiro atoms. The molecule has 0 aromatic rings. The van der Waals surface area contributed by atoms with Crippen molar-refractivity contribution in [1.29, 1.82) is 0 Å². The number of aliphatic hydroxyl groups is 1. The molecule has 1 atom stereocenters. The molecule has 0 radical (unpaired) electrons. The van der Waals surface area contributed by atoms with Crippen LogP contribution in [0.2, 0.25) is 0 Å². The van der Waals surface area contributed by atoms with E-state index in [0.717, 1.165) is 25.9 Å². The lowest BCUT2D eigenvalue weighted by molar-refractivity contribution is -0.149. The number of hydrogen-bond donors (Lipinski definition) is 2. The van der Waals surface area contributed by atoms with Crippen LogP contribution in [-0.2, 0) is 9.53 Å². The van der Waals surface area contributed by atoms with Crippen molar-refractivity contribution in [3.63, 3.8) is 0 Å². The summed E-state index contributed by atoms with van der Waals surface area (Å²) in [5.74, 6) is -0.0859. The summed E-state index contributed by atoms with van der Waals surface area (Å²) in [5.41, 5.74) is 0. The van der Waals surface area contributed by atoms with E-state index in [0.29, 0.717) is 5.92 Å². The molecule has 17 heavy (non-hydrogen) atoms. The molecule has 0 saturated carbocycles. The SMILES string of the molecule is COC(=O)C(O)CNC(=O)N1CCC(C)CC1. The molecule has 98 valence electrons. The normalized spacial score (nSPS) is 18.6. The second kappa shape index (κ2) is 6.44. The van der Waals surface area contributed by atoms with Gasteiger partial charge in [-0.2, -0.15) is 0 Å². The molecule has 2 amide bonds. The van der Waals surface area contributed by atoms with Crippen molar-refractivity contribution >= 4 is 12.0 Å². The van der Waals surface area contributed by atoms with E-state index in [-0.39, 0.29) is 12.6 Å². The van der Waals surface area contributed by atoms with Crippen LogP contribution in [-0.4, -0.2) is 54.9 Å². The third-order valence-electron chi connectivity index (χ3n) is 2.99. The van der Waals surface area contributed by atoms with Crippen LogP contribution in [0, 0.1) is 5.92 Å². The van der Waals surface area contributed by atoms with Gasteiger partial charge in [0.1, 0.15) is 0 Å². The van der Waals surface area contributed by atoms with Crippen LogP contribution in [0.15, 0.2) is 0 Å². The molecule has 1 heterocycles. The number of ether oxygens (including phenoxy) is 1. The molecule has 1 rings (SSSR count). The van der Waals surface area contributed by atoms with Crippen molar-refractivity contribution in [3.8, 4) is 0 Å². The van der Waals surface area contributed by atoms with Gasteiger partial charge in [0.25, 0.3) is 0 Å². The molecule has 1 fully saturated rings. The van der Waals surface area contributed by atoms with E-state index in [4.69, 9.17) is 0 Å². The Morgan fingerprint density at radius 3 is 2.59 bits per heavy atom. The maximum Gasteiger partial charge on any atom is 0.336 e. The lowest BCUT2D eigenvalue weighted by Gasteiger charge is -2.30. The average molecular weight is 244 g/mol. The number of rotatable bonds is 3. The van der Waals surface area contributed by atoms with E-state index >= 15 is 0 Å². The second-order valence-electron chi connectivity index (χ2n) is 4.39. The molecule has 1 unspecified atom stereocenters. The Morgan fingerprint density at radius 2 is 2.06 bits per heavy atom. The first-order chi connectivity index (χ1) is 8.04. The van der Waals surface area contributed by atoms with Gasteiger partial charge in [-0.15, -0.1) is 0 Å². The third kappa shape index (κ3) is 4.22. The van der Waals surface area contributed by atoms with E-state index in [2.05, 4.69) is 17.0 Å². The molecule has 0 aliphatic carbocycles. The standard InChI is InChI=1S/C11H20N2O4/c1-8-3-5-13(6-4-8)11(16)12-7-9(14)10(15)17-2/h8-9,14H,3-7H2,1-2H3,(H,12,16). The summed E-state index contributed by atoms with van der Waals surface area (Å²) < 4.78 is 4.35. The lowest BCUT2D eigenvalue weighted by atomic mass is 10.00. The Hall–Kier alpha value is -1.30. The highest BCUT2D eigenvalue weighted by atomic mass is 16.5. The van der Waals surface area contributed by atoms with E-state index in [1.165, 1.54) is 7.11 Å². The fourth-order valence-corrected chi connectivity index (χ4v) is 1.73. The first kappa shape index (κ1) is 13.8. The summed E-state index contributed by atoms with van der Waals surface area (Å²) >= 11 is 0. The number of urea groups is 1. The molecule has 2 N–H and O–H groups in total. The van der Waals surface area contributed by atoms with Crippen LogP contribution in [0.25, 0.3) is 0 Å². The van der Waals surface area contributed by atoms with Crippen LogP contribution >= 0.6 is 0 Å². The Balaban J connectivity index is 2.27. The van der Waals surface area contributed by atoms with E-state index < -0.39 is 12.1 Å². The Kier molecular flexibility index (Phi) is 5.21. The van der Waals surface area contributed by atoms with Gasteiger partial charge in [-0.1, -0.05) is 6.92 Å². The highest BCUT2D eigenvalue weighted by Gasteiger charge is 2.22. The average Bonchev–Trinajstić information content (AvgIpc) is 2.35. The molecule has 0 aromatic heterocycles. The molecule has 6 heteroatoms. The van der Waals surface area contributed by atoms with Gasteiger partial charge in [-0.25, -0.2) is 9.59 Å². The highest BCUT2D eigenvalue weighted by molar-refractivity contribution is 5.77. The number of nitrogens with one attached hydrogen (secondary N) is 1. The number of amides is 2. The summed E-state index contributed by atoms with van der Waals surface area (Å²) in [6.45, 7) is 3.50. The van der Waals surface area contributed by atoms with E-state index in [1.807, 2.05) is 0 Å². The highest BCUT2D eigenvalue weighted by Crippen LogP contribution is 2.15. The number of hydrogen-bond acceptors (Lipinski definition) is 4. The number of carbonyl (C=O) groups excluding carboxylic acids is 2. The predicted molar refractivity (Wildman–Crippen MR) is 61.4 cm³/mol. The Morgan fingerprint density at radius 1 is 1.47 bits per heavy atom. The fourth-order valence-electron chi connectivity index (χ4n) is 1.73. The predicted octanol–water partition coefficient (Wildman–Crippen LogP) is -0.0382. The molecule has 6 nitrogen and oxygen atoms in total. The van der Waals surface area contributed by atoms with Gasteiger partial charge >= 0.3 is 12.0 Å². The van der Waals surface area contributed by atoms with Crippen LogP contribution in [0.3, 0.4) is 0 Å². The quantitative estimate of drug-likeness (QED) is 0.683. The summed E-state index contributed by atoms with van der Waals surface area (Å²) in [7, 11) is 1.19. The van der Waals surface area contributed by atoms with Crippen LogP contribution in [0.1, 0.15) is 19.8 Å². The van der Waals surface area contributed by atoms with Gasteiger partial charge in [-0.3, -0.25) is 0 Å². The van der Waals surface area contributed by atoms with Crippen LogP contribution in [0.5, 0.6) is 0 Å². The number of likely N-dealkylation sites (tertiary alicyclic amines) is 1. The number of nitrogens with zero attached hydrogens (tertiary/aromatic N) is 1. The Bertz CT molecular complexity index is 275. The number of esters is 1. The summed E-state index contributed by atoms with van der Waals surface area (Å²) in [5, 5.41) is 11.8. The number of piperidine rings is 1. The smallest absolute Gasteiger partial charge is 0.336 e. The van der Waals surface area contributed by atoms with Gasteiger partial charge < -0.3 is 20.1 Å². The van der Waals surface area contributed by atoms with Gasteiger partial charge in [-0.05, 0) is 18.8 Å². The minimum absolute atomic E-state index is 0.114. The van der Waals surface area contributed by atoms with Crippen molar-refractivity contribution in [2.75, 3.05) is 26.7 Å². The lowest BCUT2D eigenvalue weighted by Crippen LogP contribution is -2.47. The van der Waals surface area contributed by atoms with Crippen molar-refractivity contribution in [3.05, 3.63) is 0 Å². The first-order valence-electron chi connectivity index (χ1n) is 5.83. The van der Waals surface area contributed by atoms with Crippen molar-refractivity contribution in [2.45, 2.75) is 25.9 Å². The van der Waals surface area contributed by atoms with Gasteiger partial charge in [0.15, 0.2) is 6.10 Å².